The van der Waals surface area contributed by atoms with E-state index in [1.54, 1.807) is 33.3 Å². The molecule has 0 unspecified atom stereocenters. The molecule has 0 bridgehead atoms. The summed E-state index contributed by atoms with van der Waals surface area (Å²) in [7, 11) is 3.10. The maximum Gasteiger partial charge on any atom is 0.242 e. The van der Waals surface area contributed by atoms with Gasteiger partial charge in [-0.3, -0.25) is 4.79 Å². The zero-order valence-corrected chi connectivity index (χ0v) is 12.6. The number of benzene rings is 1. The maximum absolute atomic E-state index is 11.9. The van der Waals surface area contributed by atoms with Crippen LogP contribution in [0.15, 0.2) is 12.1 Å². The highest BCUT2D eigenvalue weighted by molar-refractivity contribution is 6.32. The van der Waals surface area contributed by atoms with Crippen LogP contribution in [0, 0.1) is 0 Å². The van der Waals surface area contributed by atoms with Gasteiger partial charge in [0.25, 0.3) is 0 Å². The first-order chi connectivity index (χ1) is 9.55. The number of anilines is 1. The summed E-state index contributed by atoms with van der Waals surface area (Å²) in [5.74, 6) is 1.09. The molecule has 1 aliphatic carbocycles. The van der Waals surface area contributed by atoms with Gasteiger partial charge in [-0.2, -0.15) is 0 Å². The van der Waals surface area contributed by atoms with E-state index in [0.717, 1.165) is 12.8 Å². The van der Waals surface area contributed by atoms with E-state index >= 15 is 0 Å². The molecule has 1 saturated carbocycles. The first-order valence-electron chi connectivity index (χ1n) is 6.53. The minimum atomic E-state index is -0.367. The molecule has 2 rings (SSSR count). The minimum absolute atomic E-state index is 0.0264. The predicted octanol–water partition coefficient (Wildman–Crippen LogP) is 2.44. The predicted molar refractivity (Wildman–Crippen MR) is 78.8 cm³/mol. The number of nitrogens with one attached hydrogen (secondary N) is 2. The van der Waals surface area contributed by atoms with Crippen molar-refractivity contribution in [2.24, 2.45) is 0 Å². The lowest BCUT2D eigenvalue weighted by Crippen LogP contribution is -2.38. The lowest BCUT2D eigenvalue weighted by Gasteiger charge is -2.18. The Kier molecular flexibility index (Phi) is 4.60. The van der Waals surface area contributed by atoms with Gasteiger partial charge in [0.15, 0.2) is 0 Å². The molecule has 0 spiro atoms. The van der Waals surface area contributed by atoms with Crippen molar-refractivity contribution in [2.75, 3.05) is 19.5 Å². The number of amides is 1. The number of methoxy groups -OCH3 is 2. The van der Waals surface area contributed by atoms with E-state index in [1.165, 1.54) is 0 Å². The molecule has 0 heterocycles. The van der Waals surface area contributed by atoms with E-state index in [1.807, 2.05) is 0 Å². The number of hydrogen-bond acceptors (Lipinski definition) is 4. The van der Waals surface area contributed by atoms with Crippen LogP contribution in [0.25, 0.3) is 0 Å². The summed E-state index contributed by atoms with van der Waals surface area (Å²) in [5.41, 5.74) is 0.664. The van der Waals surface area contributed by atoms with Crippen LogP contribution in [-0.4, -0.2) is 32.2 Å². The molecule has 2 N–H and O–H groups in total. The topological polar surface area (TPSA) is 59.6 Å². The third-order valence-electron chi connectivity index (χ3n) is 3.16. The zero-order valence-electron chi connectivity index (χ0n) is 11.8. The standard InChI is InChI=1S/C14H19ClN2O3/c1-8(14(18)17-9-4-5-9)16-11-6-10(15)12(19-2)7-13(11)20-3/h6-9,16H,4-5H2,1-3H3,(H,17,18)/t8-/m0/s1. The summed E-state index contributed by atoms with van der Waals surface area (Å²) in [5, 5.41) is 6.52. The molecule has 5 nitrogen and oxygen atoms in total. The van der Waals surface area contributed by atoms with Crippen LogP contribution in [0.5, 0.6) is 11.5 Å². The molecule has 0 radical (unpaired) electrons. The van der Waals surface area contributed by atoms with Gasteiger partial charge in [-0.15, -0.1) is 0 Å². The maximum atomic E-state index is 11.9. The first-order valence-corrected chi connectivity index (χ1v) is 6.91. The van der Waals surface area contributed by atoms with Crippen LogP contribution in [-0.2, 0) is 4.79 Å². The zero-order chi connectivity index (χ0) is 14.7. The molecule has 20 heavy (non-hydrogen) atoms. The summed E-state index contributed by atoms with van der Waals surface area (Å²) >= 11 is 6.09. The SMILES string of the molecule is COc1cc(OC)c(N[C@@H](C)C(=O)NC2CC2)cc1Cl. The fraction of sp³-hybridized carbons (Fsp3) is 0.500. The largest absolute Gasteiger partial charge is 0.495 e. The van der Waals surface area contributed by atoms with Crippen LogP contribution in [0.1, 0.15) is 19.8 Å². The van der Waals surface area contributed by atoms with Crippen LogP contribution >= 0.6 is 11.6 Å². The van der Waals surface area contributed by atoms with Gasteiger partial charge in [-0.05, 0) is 25.8 Å². The quantitative estimate of drug-likeness (QED) is 0.847. The molecular weight excluding hydrogens is 280 g/mol. The number of ether oxygens (including phenoxy) is 2. The van der Waals surface area contributed by atoms with Crippen molar-refractivity contribution in [2.45, 2.75) is 31.8 Å². The molecule has 1 atom stereocenters. The van der Waals surface area contributed by atoms with Gasteiger partial charge in [0, 0.05) is 12.1 Å². The second kappa shape index (κ2) is 6.22. The van der Waals surface area contributed by atoms with Crippen molar-refractivity contribution in [1.29, 1.82) is 0 Å². The Morgan fingerprint density at radius 2 is 1.95 bits per heavy atom. The van der Waals surface area contributed by atoms with Crippen molar-refractivity contribution in [3.8, 4) is 11.5 Å². The number of halogens is 1. The molecule has 1 aromatic rings. The molecule has 6 heteroatoms. The normalized spacial score (nSPS) is 15.4. The number of carbonyl (C=O) groups is 1. The van der Waals surface area contributed by atoms with Crippen molar-refractivity contribution in [3.63, 3.8) is 0 Å². The van der Waals surface area contributed by atoms with Crippen molar-refractivity contribution < 1.29 is 14.3 Å². The van der Waals surface area contributed by atoms with Crippen molar-refractivity contribution >= 4 is 23.2 Å². The summed E-state index contributed by atoms with van der Waals surface area (Å²) in [6.45, 7) is 1.80. The molecule has 110 valence electrons. The highest BCUT2D eigenvalue weighted by Gasteiger charge is 2.26. The highest BCUT2D eigenvalue weighted by atomic mass is 35.5. The molecule has 0 aromatic heterocycles. The average molecular weight is 299 g/mol. The lowest BCUT2D eigenvalue weighted by atomic mass is 10.2. The molecule has 1 amide bonds. The Hall–Kier alpha value is -1.62. The van der Waals surface area contributed by atoms with E-state index in [4.69, 9.17) is 21.1 Å². The third-order valence-corrected chi connectivity index (χ3v) is 3.46. The van der Waals surface area contributed by atoms with Gasteiger partial charge in [-0.25, -0.2) is 0 Å². The van der Waals surface area contributed by atoms with Crippen LogP contribution < -0.4 is 20.1 Å². The van der Waals surface area contributed by atoms with Gasteiger partial charge < -0.3 is 20.1 Å². The van der Waals surface area contributed by atoms with Crippen molar-refractivity contribution in [1.82, 2.24) is 5.32 Å². The van der Waals surface area contributed by atoms with Crippen LogP contribution in [0.2, 0.25) is 5.02 Å². The van der Waals surface area contributed by atoms with E-state index in [2.05, 4.69) is 10.6 Å². The minimum Gasteiger partial charge on any atom is -0.495 e. The smallest absolute Gasteiger partial charge is 0.242 e. The average Bonchev–Trinajstić information content (AvgIpc) is 3.23. The van der Waals surface area contributed by atoms with Gasteiger partial charge >= 0.3 is 0 Å². The second-order valence-corrected chi connectivity index (χ2v) is 5.24. The number of hydrogen-bond donors (Lipinski definition) is 2. The Labute approximate surface area is 123 Å². The molecular formula is C14H19ClN2O3. The highest BCUT2D eigenvalue weighted by Crippen LogP contribution is 2.36. The monoisotopic (exact) mass is 298 g/mol. The Morgan fingerprint density at radius 1 is 1.30 bits per heavy atom. The third kappa shape index (κ3) is 3.48. The number of carbonyl (C=O) groups excluding carboxylic acids is 1. The number of rotatable bonds is 6. The summed E-state index contributed by atoms with van der Waals surface area (Å²) in [6, 6.07) is 3.36. The Balaban J connectivity index is 2.10. The summed E-state index contributed by atoms with van der Waals surface area (Å²) in [6.07, 6.45) is 2.13. The van der Waals surface area contributed by atoms with E-state index in [-0.39, 0.29) is 11.9 Å². The fourth-order valence-corrected chi connectivity index (χ4v) is 2.07. The summed E-state index contributed by atoms with van der Waals surface area (Å²) < 4.78 is 10.4. The summed E-state index contributed by atoms with van der Waals surface area (Å²) in [4.78, 5) is 11.9. The molecule has 1 fully saturated rings. The van der Waals surface area contributed by atoms with E-state index < -0.39 is 0 Å². The van der Waals surface area contributed by atoms with E-state index in [9.17, 15) is 4.79 Å². The second-order valence-electron chi connectivity index (χ2n) is 4.84. The first kappa shape index (κ1) is 14.8. The van der Waals surface area contributed by atoms with Gasteiger partial charge in [0.05, 0.1) is 24.9 Å². The van der Waals surface area contributed by atoms with Gasteiger partial charge in [0.1, 0.15) is 17.5 Å². The van der Waals surface area contributed by atoms with Crippen LogP contribution in [0.4, 0.5) is 5.69 Å². The molecule has 1 aliphatic rings. The molecule has 0 aliphatic heterocycles. The Morgan fingerprint density at radius 3 is 2.50 bits per heavy atom. The molecule has 0 saturated heterocycles. The lowest BCUT2D eigenvalue weighted by molar-refractivity contribution is -0.121. The van der Waals surface area contributed by atoms with Gasteiger partial charge in [0.2, 0.25) is 5.91 Å². The fourth-order valence-electron chi connectivity index (χ4n) is 1.83. The van der Waals surface area contributed by atoms with E-state index in [0.29, 0.717) is 28.3 Å². The van der Waals surface area contributed by atoms with Gasteiger partial charge in [-0.1, -0.05) is 11.6 Å². The Bertz CT molecular complexity index is 503. The van der Waals surface area contributed by atoms with Crippen LogP contribution in [0.3, 0.4) is 0 Å². The molecule has 1 aromatic carbocycles. The van der Waals surface area contributed by atoms with Crippen molar-refractivity contribution in [3.05, 3.63) is 17.2 Å².